The summed E-state index contributed by atoms with van der Waals surface area (Å²) in [5.41, 5.74) is 1.23. The summed E-state index contributed by atoms with van der Waals surface area (Å²) in [6.45, 7) is 2.57. The maximum atomic E-state index is 9.92. The van der Waals surface area contributed by atoms with Gasteiger partial charge in [0.2, 0.25) is 0 Å². The highest BCUT2D eigenvalue weighted by molar-refractivity contribution is 5.27. The van der Waals surface area contributed by atoms with Gasteiger partial charge in [-0.05, 0) is 43.2 Å². The number of hydrogen-bond donors (Lipinski definition) is 2. The van der Waals surface area contributed by atoms with Crippen molar-refractivity contribution >= 4 is 0 Å². The van der Waals surface area contributed by atoms with E-state index in [1.165, 1.54) is 5.56 Å². The van der Waals surface area contributed by atoms with Crippen molar-refractivity contribution < 1.29 is 14.3 Å². The van der Waals surface area contributed by atoms with Crippen LogP contribution in [0, 0.1) is 0 Å². The van der Waals surface area contributed by atoms with E-state index >= 15 is 0 Å². The summed E-state index contributed by atoms with van der Waals surface area (Å²) in [5, 5.41) is 13.2. The molecule has 0 fully saturated rings. The number of furan rings is 1. The van der Waals surface area contributed by atoms with Crippen molar-refractivity contribution in [2.45, 2.75) is 25.5 Å². The number of aliphatic hydroxyl groups excluding tert-OH is 1. The highest BCUT2D eigenvalue weighted by Gasteiger charge is 2.11. The Morgan fingerprint density at radius 1 is 1.25 bits per heavy atom. The Kier molecular flexibility index (Phi) is 5.21. The first-order chi connectivity index (χ1) is 9.69. The molecule has 4 heteroatoms. The average Bonchev–Trinajstić information content (AvgIpc) is 3.00. The average molecular weight is 275 g/mol. The monoisotopic (exact) mass is 275 g/mol. The summed E-state index contributed by atoms with van der Waals surface area (Å²) in [5.74, 6) is 1.46. The van der Waals surface area contributed by atoms with Crippen molar-refractivity contribution in [2.24, 2.45) is 0 Å². The predicted octanol–water partition coefficient (Wildman–Crippen LogP) is 2.54. The van der Waals surface area contributed by atoms with Crippen LogP contribution in [0.2, 0.25) is 0 Å². The number of hydrogen-bond acceptors (Lipinski definition) is 4. The number of methoxy groups -OCH3 is 1. The second kappa shape index (κ2) is 7.12. The fraction of sp³-hybridized carbons (Fsp3) is 0.375. The van der Waals surface area contributed by atoms with Crippen molar-refractivity contribution in [3.8, 4) is 5.75 Å². The molecule has 2 atom stereocenters. The number of nitrogens with one attached hydrogen (secondary N) is 1. The van der Waals surface area contributed by atoms with E-state index in [1.807, 2.05) is 12.1 Å². The third-order valence-electron chi connectivity index (χ3n) is 3.23. The fourth-order valence-electron chi connectivity index (χ4n) is 2.08. The van der Waals surface area contributed by atoms with Gasteiger partial charge in [-0.2, -0.15) is 0 Å². The number of ether oxygens (including phenoxy) is 1. The molecule has 1 heterocycles. The minimum Gasteiger partial charge on any atom is -0.497 e. The van der Waals surface area contributed by atoms with Crippen LogP contribution in [0.15, 0.2) is 47.1 Å². The van der Waals surface area contributed by atoms with Crippen LogP contribution in [0.1, 0.15) is 24.4 Å². The zero-order chi connectivity index (χ0) is 14.4. The van der Waals surface area contributed by atoms with Crippen molar-refractivity contribution in [1.29, 1.82) is 0 Å². The second-order valence-corrected chi connectivity index (χ2v) is 4.89. The molecular weight excluding hydrogens is 254 g/mol. The summed E-state index contributed by atoms with van der Waals surface area (Å²) in [7, 11) is 1.66. The van der Waals surface area contributed by atoms with Gasteiger partial charge in [-0.15, -0.1) is 0 Å². The molecule has 20 heavy (non-hydrogen) atoms. The molecule has 0 aliphatic heterocycles. The Labute approximate surface area is 119 Å². The van der Waals surface area contributed by atoms with Crippen LogP contribution >= 0.6 is 0 Å². The molecule has 4 nitrogen and oxygen atoms in total. The van der Waals surface area contributed by atoms with Crippen LogP contribution in [-0.4, -0.2) is 24.8 Å². The Balaban J connectivity index is 1.78. The first-order valence-corrected chi connectivity index (χ1v) is 6.77. The van der Waals surface area contributed by atoms with Crippen LogP contribution in [-0.2, 0) is 6.42 Å². The number of benzene rings is 1. The van der Waals surface area contributed by atoms with E-state index in [4.69, 9.17) is 9.15 Å². The van der Waals surface area contributed by atoms with Crippen LogP contribution in [0.5, 0.6) is 5.75 Å². The van der Waals surface area contributed by atoms with E-state index in [0.29, 0.717) is 12.3 Å². The topological polar surface area (TPSA) is 54.6 Å². The van der Waals surface area contributed by atoms with Crippen LogP contribution in [0.3, 0.4) is 0 Å². The molecule has 2 aromatic rings. The molecule has 1 aromatic heterocycles. The maximum Gasteiger partial charge on any atom is 0.133 e. The summed E-state index contributed by atoms with van der Waals surface area (Å²) < 4.78 is 10.3. The molecule has 2 unspecified atom stereocenters. The van der Waals surface area contributed by atoms with Gasteiger partial charge in [-0.3, -0.25) is 0 Å². The second-order valence-electron chi connectivity index (χ2n) is 4.89. The molecule has 2 rings (SSSR count). The smallest absolute Gasteiger partial charge is 0.133 e. The van der Waals surface area contributed by atoms with E-state index in [0.717, 1.165) is 12.2 Å². The minimum atomic E-state index is -0.608. The van der Waals surface area contributed by atoms with E-state index in [1.54, 1.807) is 25.5 Å². The third kappa shape index (κ3) is 4.11. The quantitative estimate of drug-likeness (QED) is 0.815. The van der Waals surface area contributed by atoms with Gasteiger partial charge >= 0.3 is 0 Å². The van der Waals surface area contributed by atoms with Gasteiger partial charge in [-0.25, -0.2) is 0 Å². The molecule has 108 valence electrons. The lowest BCUT2D eigenvalue weighted by atomic mass is 10.1. The Hall–Kier alpha value is -1.78. The zero-order valence-corrected chi connectivity index (χ0v) is 11.9. The molecule has 0 amide bonds. The molecule has 0 aliphatic rings. The SMILES string of the molecule is COc1ccc(CC(C)NCC(O)c2ccco2)cc1. The molecule has 2 N–H and O–H groups in total. The zero-order valence-electron chi connectivity index (χ0n) is 11.9. The first kappa shape index (κ1) is 14.6. The van der Waals surface area contributed by atoms with E-state index in [2.05, 4.69) is 24.4 Å². The first-order valence-electron chi connectivity index (χ1n) is 6.77. The molecule has 0 radical (unpaired) electrons. The highest BCUT2D eigenvalue weighted by Crippen LogP contribution is 2.14. The highest BCUT2D eigenvalue weighted by atomic mass is 16.5. The largest absolute Gasteiger partial charge is 0.497 e. The van der Waals surface area contributed by atoms with Gasteiger partial charge in [0, 0.05) is 12.6 Å². The van der Waals surface area contributed by atoms with Crippen LogP contribution in [0.25, 0.3) is 0 Å². The molecule has 0 saturated heterocycles. The minimum absolute atomic E-state index is 0.271. The van der Waals surface area contributed by atoms with Gasteiger partial charge in [0.1, 0.15) is 17.6 Å². The Morgan fingerprint density at radius 2 is 2.00 bits per heavy atom. The number of rotatable bonds is 7. The van der Waals surface area contributed by atoms with Gasteiger partial charge < -0.3 is 19.6 Å². The summed E-state index contributed by atoms with van der Waals surface area (Å²) in [4.78, 5) is 0. The van der Waals surface area contributed by atoms with E-state index < -0.39 is 6.10 Å². The summed E-state index contributed by atoms with van der Waals surface area (Å²) >= 11 is 0. The van der Waals surface area contributed by atoms with E-state index in [-0.39, 0.29) is 6.04 Å². The van der Waals surface area contributed by atoms with Crippen LogP contribution < -0.4 is 10.1 Å². The molecular formula is C16H21NO3. The van der Waals surface area contributed by atoms with E-state index in [9.17, 15) is 5.11 Å². The normalized spacial score (nSPS) is 13.9. The fourth-order valence-corrected chi connectivity index (χ4v) is 2.08. The lowest BCUT2D eigenvalue weighted by Crippen LogP contribution is -2.31. The van der Waals surface area contributed by atoms with Crippen LogP contribution in [0.4, 0.5) is 0 Å². The molecule has 0 aliphatic carbocycles. The molecule has 0 spiro atoms. The Bertz CT molecular complexity index is 493. The van der Waals surface area contributed by atoms with Gasteiger partial charge in [0.25, 0.3) is 0 Å². The van der Waals surface area contributed by atoms with Crippen molar-refractivity contribution in [2.75, 3.05) is 13.7 Å². The van der Waals surface area contributed by atoms with Gasteiger partial charge in [0.05, 0.1) is 13.4 Å². The number of aliphatic hydroxyl groups is 1. The lowest BCUT2D eigenvalue weighted by molar-refractivity contribution is 0.144. The summed E-state index contributed by atoms with van der Waals surface area (Å²) in [6, 6.07) is 11.9. The molecule has 0 saturated carbocycles. The van der Waals surface area contributed by atoms with Gasteiger partial charge in [0.15, 0.2) is 0 Å². The van der Waals surface area contributed by atoms with Crippen molar-refractivity contribution in [3.05, 3.63) is 54.0 Å². The third-order valence-corrected chi connectivity index (χ3v) is 3.23. The Morgan fingerprint density at radius 3 is 2.60 bits per heavy atom. The maximum absolute atomic E-state index is 9.92. The van der Waals surface area contributed by atoms with Gasteiger partial charge in [-0.1, -0.05) is 12.1 Å². The van der Waals surface area contributed by atoms with Crippen molar-refractivity contribution in [1.82, 2.24) is 5.32 Å². The predicted molar refractivity (Wildman–Crippen MR) is 77.8 cm³/mol. The molecule has 0 bridgehead atoms. The molecule has 1 aromatic carbocycles. The van der Waals surface area contributed by atoms with Crippen molar-refractivity contribution in [3.63, 3.8) is 0 Å². The standard InChI is InChI=1S/C16H21NO3/c1-12(10-13-5-7-14(19-2)8-6-13)17-11-15(18)16-4-3-9-20-16/h3-9,12,15,17-18H,10-11H2,1-2H3. The lowest BCUT2D eigenvalue weighted by Gasteiger charge is -2.16. The summed E-state index contributed by atoms with van der Waals surface area (Å²) in [6.07, 6.45) is 1.86.